The third-order valence-corrected chi connectivity index (χ3v) is 3.25. The molecule has 1 fully saturated rings. The Balaban J connectivity index is 2.16. The largest absolute Gasteiger partial charge is 0.395 e. The van der Waals surface area contributed by atoms with Crippen LogP contribution < -0.4 is 5.32 Å². The van der Waals surface area contributed by atoms with Crippen LogP contribution in [0.4, 0.5) is 4.39 Å². The summed E-state index contributed by atoms with van der Waals surface area (Å²) in [5.74, 6) is -0.417. The van der Waals surface area contributed by atoms with Crippen LogP contribution in [0, 0.1) is 5.82 Å². The molecule has 5 heteroatoms. The van der Waals surface area contributed by atoms with Crippen molar-refractivity contribution in [3.05, 3.63) is 35.6 Å². The summed E-state index contributed by atoms with van der Waals surface area (Å²) in [7, 11) is 1.77. The van der Waals surface area contributed by atoms with Gasteiger partial charge in [0.05, 0.1) is 6.61 Å². The average Bonchev–Trinajstić information content (AvgIpc) is 3.16. The van der Waals surface area contributed by atoms with Gasteiger partial charge in [0.25, 0.3) is 0 Å². The van der Waals surface area contributed by atoms with Crippen LogP contribution in [0.2, 0.25) is 0 Å². The van der Waals surface area contributed by atoms with Gasteiger partial charge in [-0.05, 0) is 37.6 Å². The number of halogens is 1. The first kappa shape index (κ1) is 14.0. The summed E-state index contributed by atoms with van der Waals surface area (Å²) in [6.45, 7) is 0.366. The highest BCUT2D eigenvalue weighted by molar-refractivity contribution is 5.83. The van der Waals surface area contributed by atoms with Crippen molar-refractivity contribution >= 4 is 5.91 Å². The Kier molecular flexibility index (Phi) is 4.50. The van der Waals surface area contributed by atoms with Crippen LogP contribution in [0.3, 0.4) is 0 Å². The van der Waals surface area contributed by atoms with Crippen molar-refractivity contribution in [1.29, 1.82) is 0 Å². The first-order chi connectivity index (χ1) is 9.11. The lowest BCUT2D eigenvalue weighted by molar-refractivity contribution is -0.126. The van der Waals surface area contributed by atoms with Crippen molar-refractivity contribution in [2.24, 2.45) is 0 Å². The third-order valence-electron chi connectivity index (χ3n) is 3.25. The van der Waals surface area contributed by atoms with Crippen molar-refractivity contribution in [2.45, 2.75) is 24.9 Å². The smallest absolute Gasteiger partial charge is 0.242 e. The standard InChI is InChI=1S/C14H19FN2O2/c1-17(8-9-18)13(14(19)16-12-6-7-12)10-2-4-11(15)5-3-10/h2-5,12-13,18H,6-9H2,1H3,(H,16,19). The molecule has 0 aliphatic heterocycles. The number of likely N-dealkylation sites (N-methyl/N-ethyl adjacent to an activating group) is 1. The molecule has 0 bridgehead atoms. The van der Waals surface area contributed by atoms with Crippen LogP contribution in [0.25, 0.3) is 0 Å². The number of amides is 1. The fourth-order valence-electron chi connectivity index (χ4n) is 2.05. The molecular weight excluding hydrogens is 247 g/mol. The number of nitrogens with one attached hydrogen (secondary N) is 1. The van der Waals surface area contributed by atoms with Gasteiger partial charge >= 0.3 is 0 Å². The second-order valence-electron chi connectivity index (χ2n) is 4.94. The summed E-state index contributed by atoms with van der Waals surface area (Å²) in [6.07, 6.45) is 2.04. The van der Waals surface area contributed by atoms with Crippen molar-refractivity contribution in [3.8, 4) is 0 Å². The van der Waals surface area contributed by atoms with Gasteiger partial charge in [0, 0.05) is 12.6 Å². The summed E-state index contributed by atoms with van der Waals surface area (Å²) >= 11 is 0. The van der Waals surface area contributed by atoms with Gasteiger partial charge < -0.3 is 10.4 Å². The van der Waals surface area contributed by atoms with E-state index in [1.807, 2.05) is 0 Å². The topological polar surface area (TPSA) is 52.6 Å². The van der Waals surface area contributed by atoms with Crippen molar-refractivity contribution < 1.29 is 14.3 Å². The predicted octanol–water partition coefficient (Wildman–Crippen LogP) is 1.07. The van der Waals surface area contributed by atoms with Crippen molar-refractivity contribution in [1.82, 2.24) is 10.2 Å². The Bertz CT molecular complexity index is 432. The molecule has 1 aromatic rings. The molecule has 1 saturated carbocycles. The second kappa shape index (κ2) is 6.12. The number of rotatable bonds is 6. The maximum Gasteiger partial charge on any atom is 0.242 e. The third kappa shape index (κ3) is 3.75. The number of carbonyl (C=O) groups is 1. The number of aliphatic hydroxyl groups is 1. The zero-order valence-electron chi connectivity index (χ0n) is 11.0. The van der Waals surface area contributed by atoms with Gasteiger partial charge in [0.2, 0.25) is 5.91 Å². The maximum atomic E-state index is 13.0. The van der Waals surface area contributed by atoms with E-state index in [0.29, 0.717) is 6.54 Å². The Morgan fingerprint density at radius 1 is 1.47 bits per heavy atom. The molecule has 1 aromatic carbocycles. The summed E-state index contributed by atoms with van der Waals surface area (Å²) in [5.41, 5.74) is 0.732. The predicted molar refractivity (Wildman–Crippen MR) is 70.0 cm³/mol. The van der Waals surface area contributed by atoms with Crippen molar-refractivity contribution in [2.75, 3.05) is 20.2 Å². The van der Waals surface area contributed by atoms with Crippen molar-refractivity contribution in [3.63, 3.8) is 0 Å². The lowest BCUT2D eigenvalue weighted by Gasteiger charge is -2.27. The van der Waals surface area contributed by atoms with Crippen LogP contribution >= 0.6 is 0 Å². The van der Waals surface area contributed by atoms with E-state index < -0.39 is 6.04 Å². The Morgan fingerprint density at radius 3 is 2.63 bits per heavy atom. The normalized spacial score (nSPS) is 16.4. The highest BCUT2D eigenvalue weighted by atomic mass is 19.1. The second-order valence-corrected chi connectivity index (χ2v) is 4.94. The number of hydrogen-bond donors (Lipinski definition) is 2. The van der Waals surface area contributed by atoms with E-state index >= 15 is 0 Å². The molecule has 2 rings (SSSR count). The van der Waals surface area contributed by atoms with E-state index in [4.69, 9.17) is 5.11 Å². The molecule has 2 N–H and O–H groups in total. The zero-order chi connectivity index (χ0) is 13.8. The fourth-order valence-corrected chi connectivity index (χ4v) is 2.05. The van der Waals surface area contributed by atoms with Gasteiger partial charge in [0.1, 0.15) is 11.9 Å². The summed E-state index contributed by atoms with van der Waals surface area (Å²) in [5, 5.41) is 12.0. The maximum absolute atomic E-state index is 13.0. The minimum atomic E-state index is -0.492. The molecule has 1 aliphatic carbocycles. The van der Waals surface area contributed by atoms with E-state index in [9.17, 15) is 9.18 Å². The van der Waals surface area contributed by atoms with Crippen LogP contribution in [0.5, 0.6) is 0 Å². The molecule has 19 heavy (non-hydrogen) atoms. The summed E-state index contributed by atoms with van der Waals surface area (Å²) in [4.78, 5) is 14.0. The first-order valence-electron chi connectivity index (χ1n) is 6.48. The van der Waals surface area contributed by atoms with E-state index in [0.717, 1.165) is 18.4 Å². The molecule has 104 valence electrons. The van der Waals surface area contributed by atoms with E-state index in [-0.39, 0.29) is 24.4 Å². The SMILES string of the molecule is CN(CCO)C(C(=O)NC1CC1)c1ccc(F)cc1. The van der Waals surface area contributed by atoms with Gasteiger partial charge in [0.15, 0.2) is 0 Å². The van der Waals surface area contributed by atoms with Gasteiger partial charge in [-0.3, -0.25) is 9.69 Å². The molecule has 1 unspecified atom stereocenters. The minimum Gasteiger partial charge on any atom is -0.395 e. The van der Waals surface area contributed by atoms with Gasteiger partial charge in [-0.15, -0.1) is 0 Å². The Hall–Kier alpha value is -1.46. The molecular formula is C14H19FN2O2. The van der Waals surface area contributed by atoms with Crippen LogP contribution in [0.15, 0.2) is 24.3 Å². The number of aliphatic hydroxyl groups excluding tert-OH is 1. The average molecular weight is 266 g/mol. The summed E-state index contributed by atoms with van der Waals surface area (Å²) in [6, 6.07) is 5.70. The lowest BCUT2D eigenvalue weighted by atomic mass is 10.0. The zero-order valence-corrected chi connectivity index (χ0v) is 11.0. The number of carbonyl (C=O) groups excluding carboxylic acids is 1. The molecule has 1 atom stereocenters. The van der Waals surface area contributed by atoms with E-state index in [2.05, 4.69) is 5.32 Å². The molecule has 1 amide bonds. The van der Waals surface area contributed by atoms with Crippen LogP contribution in [-0.4, -0.2) is 42.2 Å². The molecule has 0 aromatic heterocycles. The fraction of sp³-hybridized carbons (Fsp3) is 0.500. The van der Waals surface area contributed by atoms with E-state index in [1.165, 1.54) is 12.1 Å². The quantitative estimate of drug-likeness (QED) is 0.810. The molecule has 0 heterocycles. The molecule has 0 saturated heterocycles. The van der Waals surface area contributed by atoms with Gasteiger partial charge in [-0.2, -0.15) is 0 Å². The molecule has 0 spiro atoms. The lowest BCUT2D eigenvalue weighted by Crippen LogP contribution is -2.40. The molecule has 4 nitrogen and oxygen atoms in total. The van der Waals surface area contributed by atoms with Crippen LogP contribution in [-0.2, 0) is 4.79 Å². The van der Waals surface area contributed by atoms with Crippen LogP contribution in [0.1, 0.15) is 24.4 Å². The molecule has 0 radical (unpaired) electrons. The van der Waals surface area contributed by atoms with Gasteiger partial charge in [-0.25, -0.2) is 4.39 Å². The monoisotopic (exact) mass is 266 g/mol. The summed E-state index contributed by atoms with van der Waals surface area (Å²) < 4.78 is 13.0. The number of benzene rings is 1. The molecule has 1 aliphatic rings. The van der Waals surface area contributed by atoms with Gasteiger partial charge in [-0.1, -0.05) is 12.1 Å². The Labute approximate surface area is 112 Å². The Morgan fingerprint density at radius 2 is 2.11 bits per heavy atom. The minimum absolute atomic E-state index is 0.0229. The van der Waals surface area contributed by atoms with E-state index in [1.54, 1.807) is 24.1 Å². The number of hydrogen-bond acceptors (Lipinski definition) is 3. The highest BCUT2D eigenvalue weighted by Crippen LogP contribution is 2.24. The first-order valence-corrected chi connectivity index (χ1v) is 6.48. The highest BCUT2D eigenvalue weighted by Gasteiger charge is 2.30. The number of nitrogens with zero attached hydrogens (tertiary/aromatic N) is 1.